The van der Waals surface area contributed by atoms with Crippen LogP contribution in [-0.2, 0) is 5.41 Å². The number of aromatic nitrogens is 3. The highest BCUT2D eigenvalue weighted by atomic mass is 16.5. The number of nitrogens with one attached hydrogen (secondary N) is 1. The molecule has 2 aromatic rings. The van der Waals surface area contributed by atoms with E-state index in [1.807, 2.05) is 39.8 Å². The van der Waals surface area contributed by atoms with Crippen LogP contribution in [0.5, 0.6) is 5.75 Å². The molecule has 6 nitrogen and oxygen atoms in total. The number of hydrogen-bond acceptors (Lipinski definition) is 6. The smallest absolute Gasteiger partial charge is 0.228 e. The second-order valence-corrected chi connectivity index (χ2v) is 7.27. The lowest BCUT2D eigenvalue weighted by Crippen LogP contribution is -2.26. The molecule has 24 heavy (non-hydrogen) atoms. The Morgan fingerprint density at radius 2 is 1.71 bits per heavy atom. The summed E-state index contributed by atoms with van der Waals surface area (Å²) in [5.41, 5.74) is 7.98. The number of nitrogens with two attached hydrogens (primary N) is 1. The van der Waals surface area contributed by atoms with Gasteiger partial charge in [0, 0.05) is 5.41 Å². The van der Waals surface area contributed by atoms with Crippen molar-refractivity contribution in [3.05, 3.63) is 35.2 Å². The Kier molecular flexibility index (Phi) is 5.26. The van der Waals surface area contributed by atoms with Crippen LogP contribution in [0, 0.1) is 13.8 Å². The van der Waals surface area contributed by atoms with Crippen LogP contribution in [0.4, 0.5) is 11.9 Å². The highest BCUT2D eigenvalue weighted by Crippen LogP contribution is 2.20. The lowest BCUT2D eigenvalue weighted by Gasteiger charge is -2.19. The largest absolute Gasteiger partial charge is 0.491 e. The molecule has 0 aliphatic rings. The molecule has 0 saturated heterocycles. The van der Waals surface area contributed by atoms with Gasteiger partial charge in [0.25, 0.3) is 0 Å². The first kappa shape index (κ1) is 18.0. The highest BCUT2D eigenvalue weighted by molar-refractivity contribution is 5.34. The summed E-state index contributed by atoms with van der Waals surface area (Å²) in [7, 11) is 0. The summed E-state index contributed by atoms with van der Waals surface area (Å²) in [6.45, 7) is 12.7. The van der Waals surface area contributed by atoms with Gasteiger partial charge in [-0.15, -0.1) is 0 Å². The van der Waals surface area contributed by atoms with Crippen LogP contribution in [0.2, 0.25) is 0 Å². The van der Waals surface area contributed by atoms with Gasteiger partial charge in [0.05, 0.1) is 6.04 Å². The van der Waals surface area contributed by atoms with E-state index >= 15 is 0 Å². The lowest BCUT2D eigenvalue weighted by atomic mass is 9.96. The first-order valence-electron chi connectivity index (χ1n) is 8.13. The minimum atomic E-state index is -0.188. The molecule has 1 unspecified atom stereocenters. The van der Waals surface area contributed by atoms with Crippen LogP contribution in [-0.4, -0.2) is 27.6 Å². The van der Waals surface area contributed by atoms with Crippen molar-refractivity contribution in [1.29, 1.82) is 0 Å². The monoisotopic (exact) mass is 329 g/mol. The third kappa shape index (κ3) is 5.08. The van der Waals surface area contributed by atoms with Gasteiger partial charge < -0.3 is 15.8 Å². The van der Waals surface area contributed by atoms with Gasteiger partial charge in [0.1, 0.15) is 18.2 Å². The molecule has 3 N–H and O–H groups in total. The lowest BCUT2D eigenvalue weighted by molar-refractivity contribution is 0.303. The van der Waals surface area contributed by atoms with E-state index in [2.05, 4.69) is 40.2 Å². The van der Waals surface area contributed by atoms with Crippen molar-refractivity contribution in [2.24, 2.45) is 0 Å². The highest BCUT2D eigenvalue weighted by Gasteiger charge is 2.19. The van der Waals surface area contributed by atoms with E-state index in [9.17, 15) is 0 Å². The van der Waals surface area contributed by atoms with Crippen molar-refractivity contribution in [3.8, 4) is 5.75 Å². The van der Waals surface area contributed by atoms with E-state index in [0.717, 1.165) is 5.75 Å². The Balaban J connectivity index is 2.02. The Labute approximate surface area is 143 Å². The molecule has 0 spiro atoms. The number of anilines is 2. The average molecular weight is 329 g/mol. The summed E-state index contributed by atoms with van der Waals surface area (Å²) in [6.07, 6.45) is 0. The van der Waals surface area contributed by atoms with Gasteiger partial charge in [-0.3, -0.25) is 0 Å². The van der Waals surface area contributed by atoms with Crippen LogP contribution in [0.3, 0.4) is 0 Å². The predicted octanol–water partition coefficient (Wildman–Crippen LogP) is 3.25. The number of nitrogens with zero attached hydrogens (tertiary/aromatic N) is 3. The van der Waals surface area contributed by atoms with Crippen molar-refractivity contribution < 1.29 is 4.74 Å². The second kappa shape index (κ2) is 7.03. The van der Waals surface area contributed by atoms with E-state index in [1.54, 1.807) is 0 Å². The van der Waals surface area contributed by atoms with Crippen LogP contribution in [0.15, 0.2) is 18.2 Å². The molecule has 0 amide bonds. The molecule has 6 heteroatoms. The van der Waals surface area contributed by atoms with Crippen LogP contribution < -0.4 is 15.8 Å². The number of hydrogen-bond donors (Lipinski definition) is 2. The first-order chi connectivity index (χ1) is 11.1. The molecular weight excluding hydrogens is 302 g/mol. The molecule has 130 valence electrons. The Morgan fingerprint density at radius 3 is 2.29 bits per heavy atom. The third-order valence-corrected chi connectivity index (χ3v) is 3.39. The zero-order valence-electron chi connectivity index (χ0n) is 15.3. The molecule has 0 bridgehead atoms. The molecule has 1 aromatic heterocycles. The molecule has 0 radical (unpaired) electrons. The summed E-state index contributed by atoms with van der Waals surface area (Å²) < 4.78 is 5.86. The van der Waals surface area contributed by atoms with Crippen molar-refractivity contribution >= 4 is 11.9 Å². The van der Waals surface area contributed by atoms with Gasteiger partial charge in [0.2, 0.25) is 11.9 Å². The topological polar surface area (TPSA) is 86.0 Å². The third-order valence-electron chi connectivity index (χ3n) is 3.39. The van der Waals surface area contributed by atoms with Crippen molar-refractivity contribution in [2.45, 2.75) is 53.0 Å². The van der Waals surface area contributed by atoms with Crippen molar-refractivity contribution in [3.63, 3.8) is 0 Å². The van der Waals surface area contributed by atoms with E-state index < -0.39 is 0 Å². The van der Waals surface area contributed by atoms with Crippen LogP contribution in [0.1, 0.15) is 44.6 Å². The standard InChI is InChI=1S/C18H27N5O/c1-11-7-12(2)9-14(8-11)24-10-13(3)20-17-22-15(18(4,5)6)21-16(19)23-17/h7-9,13H,10H2,1-6H3,(H3,19,20,21,22,23). The summed E-state index contributed by atoms with van der Waals surface area (Å²) in [5, 5.41) is 3.23. The summed E-state index contributed by atoms with van der Waals surface area (Å²) in [4.78, 5) is 12.8. The van der Waals surface area contributed by atoms with Gasteiger partial charge in [0.15, 0.2) is 0 Å². The summed E-state index contributed by atoms with van der Waals surface area (Å²) in [5.74, 6) is 2.23. The molecule has 1 heterocycles. The summed E-state index contributed by atoms with van der Waals surface area (Å²) >= 11 is 0. The zero-order chi connectivity index (χ0) is 17.9. The van der Waals surface area contributed by atoms with Gasteiger partial charge in [-0.2, -0.15) is 15.0 Å². The van der Waals surface area contributed by atoms with Gasteiger partial charge in [-0.1, -0.05) is 26.8 Å². The Bertz CT molecular complexity index is 689. The van der Waals surface area contributed by atoms with Crippen LogP contribution in [0.25, 0.3) is 0 Å². The normalized spacial score (nSPS) is 12.8. The van der Waals surface area contributed by atoms with Gasteiger partial charge in [-0.05, 0) is 44.0 Å². The predicted molar refractivity (Wildman–Crippen MR) is 97.4 cm³/mol. The molecule has 1 atom stereocenters. The Morgan fingerprint density at radius 1 is 1.08 bits per heavy atom. The quantitative estimate of drug-likeness (QED) is 0.876. The maximum atomic E-state index is 5.86. The summed E-state index contributed by atoms with van der Waals surface area (Å²) in [6, 6.07) is 6.20. The van der Waals surface area contributed by atoms with Crippen LogP contribution >= 0.6 is 0 Å². The fraction of sp³-hybridized carbons (Fsp3) is 0.500. The number of nitrogen functional groups attached to an aromatic ring is 1. The molecular formula is C18H27N5O. The number of ether oxygens (including phenoxy) is 1. The van der Waals surface area contributed by atoms with Crippen molar-refractivity contribution in [1.82, 2.24) is 15.0 Å². The molecule has 0 saturated carbocycles. The maximum absolute atomic E-state index is 5.86. The van der Waals surface area contributed by atoms with E-state index in [1.165, 1.54) is 11.1 Å². The number of rotatable bonds is 5. The SMILES string of the molecule is Cc1cc(C)cc(OCC(C)Nc2nc(N)nc(C(C)(C)C)n2)c1. The van der Waals surface area contributed by atoms with E-state index in [0.29, 0.717) is 18.4 Å². The van der Waals surface area contributed by atoms with Crippen molar-refractivity contribution in [2.75, 3.05) is 17.7 Å². The average Bonchev–Trinajstić information content (AvgIpc) is 2.42. The van der Waals surface area contributed by atoms with Gasteiger partial charge >= 0.3 is 0 Å². The minimum Gasteiger partial charge on any atom is -0.491 e. The van der Waals surface area contributed by atoms with E-state index in [4.69, 9.17) is 10.5 Å². The zero-order valence-corrected chi connectivity index (χ0v) is 15.3. The fourth-order valence-corrected chi connectivity index (χ4v) is 2.29. The molecule has 0 aliphatic heterocycles. The number of aryl methyl sites for hydroxylation is 2. The van der Waals surface area contributed by atoms with E-state index in [-0.39, 0.29) is 17.4 Å². The second-order valence-electron chi connectivity index (χ2n) is 7.27. The fourth-order valence-electron chi connectivity index (χ4n) is 2.29. The molecule has 2 rings (SSSR count). The molecule has 1 aromatic carbocycles. The molecule has 0 aliphatic carbocycles. The first-order valence-corrected chi connectivity index (χ1v) is 8.13. The minimum absolute atomic E-state index is 0.0282. The molecule has 0 fully saturated rings. The Hall–Kier alpha value is -2.37. The van der Waals surface area contributed by atoms with Gasteiger partial charge in [-0.25, -0.2) is 0 Å². The number of benzene rings is 1. The maximum Gasteiger partial charge on any atom is 0.228 e.